The van der Waals surface area contributed by atoms with Gasteiger partial charge < -0.3 is 85.4 Å². The maximum atomic E-state index is 11.8. The Morgan fingerprint density at radius 2 is 1.24 bits per heavy atom. The number of hydrogen-bond acceptors (Lipinski definition) is 17. The summed E-state index contributed by atoms with van der Waals surface area (Å²) in [7, 11) is 0. The molecule has 0 aromatic heterocycles. The number of carbonyl (C=O) groups is 1. The van der Waals surface area contributed by atoms with Gasteiger partial charge in [0.05, 0.1) is 25.9 Å². The van der Waals surface area contributed by atoms with Crippen LogP contribution >= 0.6 is 12.6 Å². The molecule has 0 spiro atoms. The normalized spacial score (nSPS) is 40.8. The third-order valence-corrected chi connectivity index (χ3v) is 7.50. The van der Waals surface area contributed by atoms with E-state index in [-0.39, 0.29) is 70.5 Å². The van der Waals surface area contributed by atoms with E-state index >= 15 is 0 Å². The van der Waals surface area contributed by atoms with Gasteiger partial charge in [0.15, 0.2) is 12.6 Å². The van der Waals surface area contributed by atoms with Gasteiger partial charge in [-0.2, -0.15) is 12.6 Å². The fourth-order valence-electron chi connectivity index (χ4n) is 4.73. The number of thiol groups is 1. The summed E-state index contributed by atoms with van der Waals surface area (Å²) in [4.78, 5) is 11.8. The van der Waals surface area contributed by atoms with Crippen LogP contribution in [0, 0.1) is 44.1 Å². The first kappa shape index (κ1) is 46.4. The predicted octanol–water partition coefficient (Wildman–Crippen LogP) is -4.27. The van der Waals surface area contributed by atoms with Crippen LogP contribution in [0.1, 0.15) is 20.3 Å². The van der Waals surface area contributed by atoms with Crippen molar-refractivity contribution in [2.45, 2.75) is 112 Å². The fourth-order valence-corrected chi connectivity index (χ4v) is 4.88. The molecular formula is C26H49AcN2O16S-. The molecule has 0 aromatic rings. The Labute approximate surface area is 308 Å². The molecule has 46 heavy (non-hydrogen) atoms. The van der Waals surface area contributed by atoms with Crippen molar-refractivity contribution >= 4 is 18.5 Å². The van der Waals surface area contributed by atoms with Crippen LogP contribution < -0.4 is 5.32 Å². The molecule has 18 nitrogen and oxygen atoms in total. The van der Waals surface area contributed by atoms with E-state index in [4.69, 9.17) is 34.2 Å². The zero-order valence-corrected chi connectivity index (χ0v) is 30.1. The summed E-state index contributed by atoms with van der Waals surface area (Å²) in [6.45, 7) is 3.33. The summed E-state index contributed by atoms with van der Waals surface area (Å²) in [6.07, 6.45) is -22.3. The Hall–Kier alpha value is 0.362. The van der Waals surface area contributed by atoms with Crippen molar-refractivity contribution in [3.8, 4) is 0 Å². The van der Waals surface area contributed by atoms with Gasteiger partial charge in [0, 0.05) is 50.5 Å². The SMILES string of the molecule is C.C=C.[Ac].[NH-]C1C(OCNC(=O)CCCS)OC(CO)C(OC2OC(CO)C(O)C(OC3OC(CO)C(O)C(O)C3O)C2O)C1O. The number of ether oxygens (including phenoxy) is 6. The Morgan fingerprint density at radius 1 is 0.739 bits per heavy atom. The second-order valence-corrected chi connectivity index (χ2v) is 10.5. The van der Waals surface area contributed by atoms with Crippen molar-refractivity contribution in [1.82, 2.24) is 5.32 Å². The molecule has 3 fully saturated rings. The van der Waals surface area contributed by atoms with E-state index in [9.17, 15) is 50.8 Å². The van der Waals surface area contributed by atoms with E-state index in [1.807, 2.05) is 0 Å². The molecule has 3 aliphatic heterocycles. The monoisotopic (exact) mass is 904 g/mol. The van der Waals surface area contributed by atoms with Gasteiger partial charge in [-0.3, -0.25) is 4.79 Å². The van der Waals surface area contributed by atoms with E-state index in [1.165, 1.54) is 0 Å². The third-order valence-electron chi connectivity index (χ3n) is 7.18. The summed E-state index contributed by atoms with van der Waals surface area (Å²) in [5.41, 5.74) is 8.31. The summed E-state index contributed by atoms with van der Waals surface area (Å²) in [5.74, 6) is 0.185. The van der Waals surface area contributed by atoms with Crippen LogP contribution in [0.2, 0.25) is 0 Å². The van der Waals surface area contributed by atoms with Crippen molar-refractivity contribution in [1.29, 1.82) is 0 Å². The van der Waals surface area contributed by atoms with Crippen LogP contribution in [0.4, 0.5) is 0 Å². The molecule has 0 aromatic carbocycles. The molecular weight excluding hydrogens is 855 g/mol. The smallest absolute Gasteiger partial charge is 0.221 e. The number of aliphatic hydroxyl groups is 9. The molecule has 3 aliphatic rings. The average molecular weight is 905 g/mol. The van der Waals surface area contributed by atoms with Gasteiger partial charge in [0.1, 0.15) is 74.1 Å². The fraction of sp³-hybridized carbons (Fsp3) is 0.885. The molecule has 3 saturated heterocycles. The molecule has 15 atom stereocenters. The largest absolute Gasteiger partial charge is 0.668 e. The van der Waals surface area contributed by atoms with Gasteiger partial charge in [-0.1, -0.05) is 13.5 Å². The first-order chi connectivity index (χ1) is 21.0. The second kappa shape index (κ2) is 23.0. The summed E-state index contributed by atoms with van der Waals surface area (Å²) in [6, 6.07) is -1.52. The third kappa shape index (κ3) is 11.7. The van der Waals surface area contributed by atoms with E-state index in [0.717, 1.165) is 0 Å². The number of amides is 1. The van der Waals surface area contributed by atoms with E-state index in [0.29, 0.717) is 12.2 Å². The van der Waals surface area contributed by atoms with Crippen molar-refractivity contribution in [3.63, 3.8) is 0 Å². The van der Waals surface area contributed by atoms with Crippen LogP contribution in [0.3, 0.4) is 0 Å². The first-order valence-electron chi connectivity index (χ1n) is 13.9. The predicted molar refractivity (Wildman–Crippen MR) is 156 cm³/mol. The quantitative estimate of drug-likeness (QED) is 0.0474. The van der Waals surface area contributed by atoms with E-state index < -0.39 is 112 Å². The first-order valence-corrected chi connectivity index (χ1v) is 14.5. The molecule has 1 amide bonds. The Bertz CT molecular complexity index is 856. The van der Waals surface area contributed by atoms with Crippen molar-refractivity contribution in [3.05, 3.63) is 18.9 Å². The van der Waals surface area contributed by atoms with Crippen molar-refractivity contribution < 1.29 is 123 Å². The molecule has 0 aliphatic carbocycles. The molecule has 11 N–H and O–H groups in total. The van der Waals surface area contributed by atoms with Crippen LogP contribution in [0.15, 0.2) is 13.2 Å². The summed E-state index contributed by atoms with van der Waals surface area (Å²) in [5, 5.41) is 94.3. The molecule has 269 valence electrons. The summed E-state index contributed by atoms with van der Waals surface area (Å²) >= 11 is 4.02. The molecule has 0 saturated carbocycles. The molecule has 20 heteroatoms. The minimum atomic E-state index is -1.91. The molecule has 3 rings (SSSR count). The molecule has 15 unspecified atom stereocenters. The maximum absolute atomic E-state index is 11.8. The zero-order valence-electron chi connectivity index (χ0n) is 24.4. The van der Waals surface area contributed by atoms with Crippen LogP contribution in [-0.2, 0) is 33.2 Å². The maximum Gasteiger partial charge on any atom is 0.221 e. The van der Waals surface area contributed by atoms with Gasteiger partial charge >= 0.3 is 0 Å². The van der Waals surface area contributed by atoms with Crippen LogP contribution in [0.25, 0.3) is 5.73 Å². The number of nitrogens with one attached hydrogen (secondary N) is 2. The Morgan fingerprint density at radius 3 is 1.78 bits per heavy atom. The minimum absolute atomic E-state index is 0. The van der Waals surface area contributed by atoms with Crippen LogP contribution in [0.5, 0.6) is 0 Å². The van der Waals surface area contributed by atoms with E-state index in [1.54, 1.807) is 0 Å². The molecule has 1 radical (unpaired) electrons. The van der Waals surface area contributed by atoms with Gasteiger partial charge in [-0.25, -0.2) is 0 Å². The number of aliphatic hydroxyl groups excluding tert-OH is 9. The average Bonchev–Trinajstić information content (AvgIpc) is 3.03. The van der Waals surface area contributed by atoms with Gasteiger partial charge in [0.2, 0.25) is 5.91 Å². The van der Waals surface area contributed by atoms with Crippen molar-refractivity contribution in [2.24, 2.45) is 0 Å². The Balaban J connectivity index is 0.00000496. The second-order valence-electron chi connectivity index (χ2n) is 10.1. The number of carbonyl (C=O) groups excluding carboxylic acids is 1. The Kier molecular flexibility index (Phi) is 23.1. The number of rotatable bonds is 13. The van der Waals surface area contributed by atoms with Gasteiger partial charge in [-0.05, 0) is 12.2 Å². The molecule has 3 heterocycles. The topological polar surface area (TPSA) is 290 Å². The summed E-state index contributed by atoms with van der Waals surface area (Å²) < 4.78 is 32.8. The zero-order chi connectivity index (χ0) is 33.1. The van der Waals surface area contributed by atoms with Crippen molar-refractivity contribution in [2.75, 3.05) is 32.3 Å². The van der Waals surface area contributed by atoms with Gasteiger partial charge in [-0.15, -0.1) is 13.2 Å². The van der Waals surface area contributed by atoms with Crippen LogP contribution in [-0.4, -0.2) is 176 Å². The minimum Gasteiger partial charge on any atom is -0.668 e. The van der Waals surface area contributed by atoms with E-state index in [2.05, 4.69) is 31.1 Å². The number of hydrogen-bond donors (Lipinski definition) is 11. The molecule has 0 bridgehead atoms. The van der Waals surface area contributed by atoms with Gasteiger partial charge in [0.25, 0.3) is 0 Å². The standard InChI is InChI=1S/C23H41N2O16S.C2H4.CH4.Ac/c24-12-15(32)19(10(6-28)39-21(12)36-7-25-11(29)2-1-3-42)40-23-18(35)20(14(31)9(5-27)38-23)41-22-17(34)16(33)13(30)8(4-26)37-22;1-2;;/h8-10,12-24,26-28,30-35,42H,1-7H2,(H,25,29);1-2H2;1H4;/q-1;;;.